The summed E-state index contributed by atoms with van der Waals surface area (Å²) in [5, 5.41) is 10.3. The quantitative estimate of drug-likeness (QED) is 0.776. The zero-order valence-corrected chi connectivity index (χ0v) is 11.2. The number of imidazole rings is 1. The minimum Gasteiger partial charge on any atom is -0.390 e. The van der Waals surface area contributed by atoms with E-state index in [-0.39, 0.29) is 6.61 Å². The van der Waals surface area contributed by atoms with Crippen LogP contribution in [0.25, 0.3) is 16.9 Å². The fourth-order valence-corrected chi connectivity index (χ4v) is 2.32. The Bertz CT molecular complexity index is 732. The van der Waals surface area contributed by atoms with Crippen LogP contribution in [-0.2, 0) is 6.61 Å². The van der Waals surface area contributed by atoms with Gasteiger partial charge in [0.25, 0.3) is 0 Å². The van der Waals surface area contributed by atoms with E-state index in [1.165, 1.54) is 0 Å². The molecular weight excluding hydrogens is 260 g/mol. The predicted octanol–water partition coefficient (Wildman–Crippen LogP) is 3.46. The number of hydrogen-bond donors (Lipinski definition) is 1. The zero-order valence-electron chi connectivity index (χ0n) is 10.5. The lowest BCUT2D eigenvalue weighted by Crippen LogP contribution is -1.94. The van der Waals surface area contributed by atoms with Crippen molar-refractivity contribution in [1.29, 1.82) is 0 Å². The first kappa shape index (κ1) is 12.2. The Morgan fingerprint density at radius 3 is 2.58 bits per heavy atom. The normalized spacial score (nSPS) is 11.1. The van der Waals surface area contributed by atoms with Crippen molar-refractivity contribution in [2.24, 2.45) is 0 Å². The summed E-state index contributed by atoms with van der Waals surface area (Å²) < 4.78 is 1.93. The number of aryl methyl sites for hydroxylation is 1. The number of aliphatic hydroxyl groups is 1. The highest BCUT2D eigenvalue weighted by Crippen LogP contribution is 2.26. The SMILES string of the molecule is Cc1ccc2nc(-c3ccc(Cl)cc3)c(CO)n2c1. The number of benzene rings is 1. The zero-order chi connectivity index (χ0) is 13.4. The molecule has 1 aromatic carbocycles. The smallest absolute Gasteiger partial charge is 0.137 e. The number of aliphatic hydroxyl groups excluding tert-OH is 1. The van der Waals surface area contributed by atoms with E-state index in [9.17, 15) is 5.11 Å². The molecule has 0 fully saturated rings. The molecule has 0 bridgehead atoms. The van der Waals surface area contributed by atoms with E-state index in [1.54, 1.807) is 0 Å². The number of nitrogens with zero attached hydrogens (tertiary/aromatic N) is 2. The molecule has 0 saturated heterocycles. The van der Waals surface area contributed by atoms with Gasteiger partial charge in [-0.1, -0.05) is 29.8 Å². The maximum atomic E-state index is 9.63. The second-order valence-corrected chi connectivity index (χ2v) is 4.94. The van der Waals surface area contributed by atoms with Gasteiger partial charge >= 0.3 is 0 Å². The lowest BCUT2D eigenvalue weighted by atomic mass is 10.1. The fraction of sp³-hybridized carbons (Fsp3) is 0.133. The summed E-state index contributed by atoms with van der Waals surface area (Å²) in [6, 6.07) is 11.4. The molecule has 0 amide bonds. The second-order valence-electron chi connectivity index (χ2n) is 4.51. The molecule has 0 radical (unpaired) electrons. The highest BCUT2D eigenvalue weighted by Gasteiger charge is 2.13. The molecule has 0 unspecified atom stereocenters. The van der Waals surface area contributed by atoms with Crippen LogP contribution in [0.5, 0.6) is 0 Å². The number of pyridine rings is 1. The predicted molar refractivity (Wildman–Crippen MR) is 76.3 cm³/mol. The standard InChI is InChI=1S/C15H13ClN2O/c1-10-2-7-14-17-15(13(9-19)18(14)8-10)11-3-5-12(16)6-4-11/h2-8,19H,9H2,1H3. The molecule has 0 aliphatic carbocycles. The average molecular weight is 273 g/mol. The van der Waals surface area contributed by atoms with Crippen LogP contribution in [-0.4, -0.2) is 14.5 Å². The van der Waals surface area contributed by atoms with Crippen molar-refractivity contribution in [2.75, 3.05) is 0 Å². The van der Waals surface area contributed by atoms with E-state index in [1.807, 2.05) is 53.9 Å². The van der Waals surface area contributed by atoms with Crippen molar-refractivity contribution in [3.63, 3.8) is 0 Å². The van der Waals surface area contributed by atoms with Crippen LogP contribution in [0, 0.1) is 6.92 Å². The summed E-state index contributed by atoms with van der Waals surface area (Å²) in [6.07, 6.45) is 1.98. The second kappa shape index (κ2) is 4.68. The van der Waals surface area contributed by atoms with E-state index in [0.717, 1.165) is 28.2 Å². The van der Waals surface area contributed by atoms with Crippen molar-refractivity contribution in [1.82, 2.24) is 9.38 Å². The Hall–Kier alpha value is -1.84. The third-order valence-electron chi connectivity index (χ3n) is 3.13. The van der Waals surface area contributed by atoms with Crippen molar-refractivity contribution in [3.8, 4) is 11.3 Å². The van der Waals surface area contributed by atoms with Crippen LogP contribution in [0.15, 0.2) is 42.6 Å². The van der Waals surface area contributed by atoms with Crippen LogP contribution < -0.4 is 0 Å². The summed E-state index contributed by atoms with van der Waals surface area (Å²) in [6.45, 7) is 1.96. The minimum absolute atomic E-state index is 0.0530. The van der Waals surface area contributed by atoms with Gasteiger partial charge in [0.05, 0.1) is 18.0 Å². The third kappa shape index (κ3) is 2.11. The van der Waals surface area contributed by atoms with Gasteiger partial charge in [-0.05, 0) is 30.7 Å². The largest absolute Gasteiger partial charge is 0.390 e. The van der Waals surface area contributed by atoms with Gasteiger partial charge in [0.1, 0.15) is 5.65 Å². The first-order valence-corrected chi connectivity index (χ1v) is 6.41. The highest BCUT2D eigenvalue weighted by atomic mass is 35.5. The molecule has 19 heavy (non-hydrogen) atoms. The first-order valence-electron chi connectivity index (χ1n) is 6.03. The molecule has 0 aliphatic heterocycles. The molecule has 0 spiro atoms. The summed E-state index contributed by atoms with van der Waals surface area (Å²) in [7, 11) is 0. The van der Waals surface area contributed by atoms with Gasteiger partial charge in [-0.25, -0.2) is 4.98 Å². The maximum Gasteiger partial charge on any atom is 0.137 e. The number of hydrogen-bond acceptors (Lipinski definition) is 2. The van der Waals surface area contributed by atoms with Gasteiger partial charge in [0.2, 0.25) is 0 Å². The van der Waals surface area contributed by atoms with Crippen molar-refractivity contribution in [3.05, 3.63) is 58.9 Å². The van der Waals surface area contributed by atoms with E-state index in [2.05, 4.69) is 4.98 Å². The van der Waals surface area contributed by atoms with E-state index >= 15 is 0 Å². The number of halogens is 1. The molecule has 3 aromatic rings. The lowest BCUT2D eigenvalue weighted by Gasteiger charge is -2.02. The van der Waals surface area contributed by atoms with E-state index in [4.69, 9.17) is 11.6 Å². The number of aromatic nitrogens is 2. The minimum atomic E-state index is -0.0530. The van der Waals surface area contributed by atoms with Crippen LogP contribution in [0.3, 0.4) is 0 Å². The molecular formula is C15H13ClN2O. The van der Waals surface area contributed by atoms with Crippen LogP contribution in [0.4, 0.5) is 0 Å². The summed E-state index contributed by atoms with van der Waals surface area (Å²) in [5.74, 6) is 0. The van der Waals surface area contributed by atoms with Gasteiger partial charge < -0.3 is 9.51 Å². The van der Waals surface area contributed by atoms with Gasteiger partial charge in [-0.2, -0.15) is 0 Å². The fourth-order valence-electron chi connectivity index (χ4n) is 2.19. The molecule has 96 valence electrons. The molecule has 1 N–H and O–H groups in total. The Balaban J connectivity index is 2.25. The number of rotatable bonds is 2. The molecule has 4 heteroatoms. The topological polar surface area (TPSA) is 37.5 Å². The van der Waals surface area contributed by atoms with E-state index in [0.29, 0.717) is 5.02 Å². The monoisotopic (exact) mass is 272 g/mol. The average Bonchev–Trinajstić information content (AvgIpc) is 2.77. The molecule has 0 atom stereocenters. The van der Waals surface area contributed by atoms with Crippen molar-refractivity contribution < 1.29 is 5.11 Å². The summed E-state index contributed by atoms with van der Waals surface area (Å²) >= 11 is 5.90. The Labute approximate surface area is 116 Å². The molecule has 3 rings (SSSR count). The molecule has 2 heterocycles. The van der Waals surface area contributed by atoms with Gasteiger partial charge in [-0.15, -0.1) is 0 Å². The van der Waals surface area contributed by atoms with E-state index < -0.39 is 0 Å². The van der Waals surface area contributed by atoms with Crippen molar-refractivity contribution in [2.45, 2.75) is 13.5 Å². The Morgan fingerprint density at radius 2 is 1.89 bits per heavy atom. The summed E-state index contributed by atoms with van der Waals surface area (Å²) in [5.41, 5.74) is 4.50. The van der Waals surface area contributed by atoms with Gasteiger partial charge in [0, 0.05) is 16.8 Å². The first-order chi connectivity index (χ1) is 9.19. The lowest BCUT2D eigenvalue weighted by molar-refractivity contribution is 0.276. The van der Waals surface area contributed by atoms with Gasteiger partial charge in [0.15, 0.2) is 0 Å². The molecule has 2 aromatic heterocycles. The number of fused-ring (bicyclic) bond motifs is 1. The molecule has 0 aliphatic rings. The van der Waals surface area contributed by atoms with Crippen LogP contribution in [0.2, 0.25) is 5.02 Å². The third-order valence-corrected chi connectivity index (χ3v) is 3.38. The van der Waals surface area contributed by atoms with Crippen molar-refractivity contribution >= 4 is 17.2 Å². The Kier molecular flexibility index (Phi) is 3.01. The van der Waals surface area contributed by atoms with Crippen LogP contribution in [0.1, 0.15) is 11.3 Å². The Morgan fingerprint density at radius 1 is 1.16 bits per heavy atom. The molecule has 0 saturated carbocycles. The maximum absolute atomic E-state index is 9.63. The summed E-state index contributed by atoms with van der Waals surface area (Å²) in [4.78, 5) is 4.58. The van der Waals surface area contributed by atoms with Crippen LogP contribution >= 0.6 is 11.6 Å². The van der Waals surface area contributed by atoms with Gasteiger partial charge in [-0.3, -0.25) is 0 Å². The highest BCUT2D eigenvalue weighted by molar-refractivity contribution is 6.30. The molecule has 3 nitrogen and oxygen atoms in total.